The second kappa shape index (κ2) is 68.5. The van der Waals surface area contributed by atoms with Crippen molar-refractivity contribution in [1.82, 2.24) is 0 Å². The first-order valence-electron chi connectivity index (χ1n) is 33.5. The molecule has 0 bridgehead atoms. The van der Waals surface area contributed by atoms with Gasteiger partial charge in [-0.1, -0.05) is 294 Å². The Morgan fingerprint density at radius 1 is 0.256 bits per heavy atom. The number of allylic oxidation sites excluding steroid dienone is 26. The Kier molecular flexibility index (Phi) is 64.4. The maximum atomic E-state index is 12.9. The quantitative estimate of drug-likeness (QED) is 0.0261. The van der Waals surface area contributed by atoms with Gasteiger partial charge in [0.15, 0.2) is 6.10 Å². The number of unbranched alkanes of at least 4 members (excludes halogenated alkanes) is 22. The summed E-state index contributed by atoms with van der Waals surface area (Å²) in [5.74, 6) is -0.918. The molecule has 0 rings (SSSR count). The van der Waals surface area contributed by atoms with Crippen molar-refractivity contribution in [2.75, 3.05) is 13.2 Å². The Hall–Kier alpha value is -4.97. The van der Waals surface area contributed by atoms with Crippen LogP contribution in [0.2, 0.25) is 0 Å². The molecule has 6 heteroatoms. The van der Waals surface area contributed by atoms with Crippen LogP contribution in [0.3, 0.4) is 0 Å². The fraction of sp³-hybridized carbons (Fsp3) is 0.618. The summed E-state index contributed by atoms with van der Waals surface area (Å²) < 4.78 is 16.8. The lowest BCUT2D eigenvalue weighted by Crippen LogP contribution is -2.30. The Morgan fingerprint density at radius 3 is 0.744 bits per heavy atom. The fourth-order valence-electron chi connectivity index (χ4n) is 8.84. The second-order valence-corrected chi connectivity index (χ2v) is 21.6. The Bertz CT molecular complexity index is 1830. The van der Waals surface area contributed by atoms with Crippen LogP contribution in [0.1, 0.15) is 284 Å². The minimum absolute atomic E-state index is 0.0892. The molecule has 0 aromatic heterocycles. The molecule has 0 saturated heterocycles. The van der Waals surface area contributed by atoms with E-state index in [1.807, 2.05) is 0 Å². The monoisotopic (exact) mass is 1130 g/mol. The zero-order chi connectivity index (χ0) is 59.2. The van der Waals surface area contributed by atoms with Crippen molar-refractivity contribution in [2.24, 2.45) is 0 Å². The number of ether oxygens (including phenoxy) is 3. The van der Waals surface area contributed by atoms with Gasteiger partial charge in [0.05, 0.1) is 0 Å². The van der Waals surface area contributed by atoms with Gasteiger partial charge in [0.2, 0.25) is 0 Å². The lowest BCUT2D eigenvalue weighted by molar-refractivity contribution is -0.167. The third kappa shape index (κ3) is 65.8. The van der Waals surface area contributed by atoms with E-state index in [0.29, 0.717) is 19.3 Å². The summed E-state index contributed by atoms with van der Waals surface area (Å²) in [6.07, 6.45) is 100. The molecule has 0 fully saturated rings. The third-order valence-corrected chi connectivity index (χ3v) is 13.8. The highest BCUT2D eigenvalue weighted by atomic mass is 16.6. The fourth-order valence-corrected chi connectivity index (χ4v) is 8.84. The summed E-state index contributed by atoms with van der Waals surface area (Å²) in [4.78, 5) is 38.1. The van der Waals surface area contributed by atoms with Crippen molar-refractivity contribution in [3.05, 3.63) is 158 Å². The van der Waals surface area contributed by atoms with Gasteiger partial charge in [-0.2, -0.15) is 0 Å². The first kappa shape index (κ1) is 77.0. The van der Waals surface area contributed by atoms with Gasteiger partial charge in [0, 0.05) is 19.3 Å². The highest BCUT2D eigenvalue weighted by molar-refractivity contribution is 5.71. The number of esters is 3. The zero-order valence-electron chi connectivity index (χ0n) is 52.9. The van der Waals surface area contributed by atoms with Gasteiger partial charge >= 0.3 is 17.9 Å². The summed E-state index contributed by atoms with van der Waals surface area (Å²) in [7, 11) is 0. The van der Waals surface area contributed by atoms with Crippen LogP contribution in [0, 0.1) is 0 Å². The second-order valence-electron chi connectivity index (χ2n) is 21.6. The normalized spacial score (nSPS) is 13.2. The number of hydrogen-bond acceptors (Lipinski definition) is 6. The highest BCUT2D eigenvalue weighted by Gasteiger charge is 2.19. The summed E-state index contributed by atoms with van der Waals surface area (Å²) >= 11 is 0. The van der Waals surface area contributed by atoms with E-state index >= 15 is 0 Å². The van der Waals surface area contributed by atoms with Gasteiger partial charge in [0.25, 0.3) is 0 Å². The van der Waals surface area contributed by atoms with Crippen LogP contribution in [-0.2, 0) is 28.6 Å². The summed E-state index contributed by atoms with van der Waals surface area (Å²) in [6.45, 7) is 6.34. The van der Waals surface area contributed by atoms with Crippen molar-refractivity contribution in [3.63, 3.8) is 0 Å². The maximum Gasteiger partial charge on any atom is 0.306 e. The first-order valence-corrected chi connectivity index (χ1v) is 33.5. The van der Waals surface area contributed by atoms with E-state index in [1.54, 1.807) is 0 Å². The minimum Gasteiger partial charge on any atom is -0.462 e. The standard InChI is InChI=1S/C76H122O6/c1-4-7-10-13-16-18-20-22-24-26-28-30-32-34-35-36-37-38-39-40-41-43-44-46-48-50-52-54-56-58-60-63-66-69-75(78)81-72-73(71-80-74(77)68-65-62-15-12-9-6-3)82-76(79)70-67-64-61-59-57-55-53-51-49-47-45-42-33-31-29-27-25-23-21-19-17-14-11-8-5-2/h7-8,10-11,16-19,22-25,28-31,34-35,37-38,40-42,45,49,51,73H,4-6,9,12-15,20-21,26-27,32-33,36,39,43-44,46-48,50,52-72H2,1-3H3/b10-7-,11-8-,18-16-,19-17-,24-22-,25-23-,30-28-,31-29-,35-34-,38-37-,41-40-,45-42-,51-49-. The third-order valence-electron chi connectivity index (χ3n) is 13.8. The number of carbonyl (C=O) groups excluding carboxylic acids is 3. The van der Waals surface area contributed by atoms with Crippen LogP contribution >= 0.6 is 0 Å². The number of carbonyl (C=O) groups is 3. The lowest BCUT2D eigenvalue weighted by Gasteiger charge is -2.18. The molecule has 0 spiro atoms. The van der Waals surface area contributed by atoms with Crippen LogP contribution in [0.15, 0.2) is 158 Å². The van der Waals surface area contributed by atoms with Crippen LogP contribution in [0.5, 0.6) is 0 Å². The predicted molar refractivity (Wildman–Crippen MR) is 357 cm³/mol. The van der Waals surface area contributed by atoms with Crippen LogP contribution in [0.4, 0.5) is 0 Å². The van der Waals surface area contributed by atoms with Crippen molar-refractivity contribution in [1.29, 1.82) is 0 Å². The van der Waals surface area contributed by atoms with E-state index in [0.717, 1.165) is 154 Å². The summed E-state index contributed by atoms with van der Waals surface area (Å²) in [5.41, 5.74) is 0. The molecule has 0 N–H and O–H groups in total. The van der Waals surface area contributed by atoms with Gasteiger partial charge in [0.1, 0.15) is 13.2 Å². The predicted octanol–water partition coefficient (Wildman–Crippen LogP) is 23.3. The van der Waals surface area contributed by atoms with Gasteiger partial charge in [-0.3, -0.25) is 14.4 Å². The number of hydrogen-bond donors (Lipinski definition) is 0. The zero-order valence-corrected chi connectivity index (χ0v) is 52.9. The van der Waals surface area contributed by atoms with E-state index in [-0.39, 0.29) is 31.1 Å². The molecule has 0 aromatic rings. The van der Waals surface area contributed by atoms with Gasteiger partial charge in [-0.05, 0) is 128 Å². The average Bonchev–Trinajstić information content (AvgIpc) is 3.47. The van der Waals surface area contributed by atoms with Gasteiger partial charge in [-0.15, -0.1) is 0 Å². The topological polar surface area (TPSA) is 78.9 Å². The average molecular weight is 1130 g/mol. The molecule has 462 valence electrons. The molecule has 82 heavy (non-hydrogen) atoms. The molecule has 0 aliphatic heterocycles. The molecule has 0 aromatic carbocycles. The molecule has 0 radical (unpaired) electrons. The smallest absolute Gasteiger partial charge is 0.306 e. The van der Waals surface area contributed by atoms with Crippen LogP contribution in [0.25, 0.3) is 0 Å². The number of rotatable bonds is 59. The summed E-state index contributed by atoms with van der Waals surface area (Å²) in [5, 5.41) is 0. The van der Waals surface area contributed by atoms with Crippen molar-refractivity contribution >= 4 is 17.9 Å². The van der Waals surface area contributed by atoms with Crippen molar-refractivity contribution in [2.45, 2.75) is 290 Å². The first-order chi connectivity index (χ1) is 40.5. The van der Waals surface area contributed by atoms with Crippen molar-refractivity contribution < 1.29 is 28.6 Å². The van der Waals surface area contributed by atoms with E-state index in [2.05, 4.69) is 179 Å². The molecule has 0 aliphatic carbocycles. The molecular formula is C76H122O6. The van der Waals surface area contributed by atoms with Gasteiger partial charge in [-0.25, -0.2) is 0 Å². The van der Waals surface area contributed by atoms with Gasteiger partial charge < -0.3 is 14.2 Å². The van der Waals surface area contributed by atoms with Crippen LogP contribution in [-0.4, -0.2) is 37.2 Å². The molecule has 0 amide bonds. The van der Waals surface area contributed by atoms with Crippen molar-refractivity contribution in [3.8, 4) is 0 Å². The Morgan fingerprint density at radius 2 is 0.476 bits per heavy atom. The molecule has 0 heterocycles. The van der Waals surface area contributed by atoms with E-state index in [1.165, 1.54) is 89.9 Å². The Labute approximate surface area is 505 Å². The molecule has 6 nitrogen and oxygen atoms in total. The van der Waals surface area contributed by atoms with E-state index in [9.17, 15) is 14.4 Å². The molecule has 1 unspecified atom stereocenters. The molecule has 1 atom stereocenters. The molecular weight excluding hydrogens is 1010 g/mol. The van der Waals surface area contributed by atoms with E-state index in [4.69, 9.17) is 14.2 Å². The largest absolute Gasteiger partial charge is 0.462 e. The molecule has 0 saturated carbocycles. The molecule has 0 aliphatic rings. The summed E-state index contributed by atoms with van der Waals surface area (Å²) in [6, 6.07) is 0. The maximum absolute atomic E-state index is 12.9. The van der Waals surface area contributed by atoms with E-state index < -0.39 is 6.10 Å². The minimum atomic E-state index is -0.791. The van der Waals surface area contributed by atoms with Crippen LogP contribution < -0.4 is 0 Å². The SMILES string of the molecule is CC/C=C\C/C=C\C/C=C\C/C=C\C/C=C\C/C=C\C/C=C\CCCCCCCCCCCCCC(=O)OCC(COC(=O)CCCCCCCC)OC(=O)CCCCCCCC/C=C\C/C=C\C/C=C\C/C=C\C/C=C\C/C=C\CC. The lowest BCUT2D eigenvalue weighted by atomic mass is 10.0. The highest BCUT2D eigenvalue weighted by Crippen LogP contribution is 2.15. The Balaban J connectivity index is 4.13.